The third kappa shape index (κ3) is 2.05. The summed E-state index contributed by atoms with van der Waals surface area (Å²) in [4.78, 5) is 10.5. The summed E-state index contributed by atoms with van der Waals surface area (Å²) in [6.07, 6.45) is 9.59. The van der Waals surface area contributed by atoms with Gasteiger partial charge in [-0.2, -0.15) is 0 Å². The highest BCUT2D eigenvalue weighted by molar-refractivity contribution is 5.66. The van der Waals surface area contributed by atoms with Crippen LogP contribution in [0.25, 0.3) is 0 Å². The van der Waals surface area contributed by atoms with E-state index in [1.54, 1.807) is 6.33 Å². The van der Waals surface area contributed by atoms with Crippen molar-refractivity contribution < 1.29 is 9.90 Å². The Hall–Kier alpha value is -1.65. The van der Waals surface area contributed by atoms with E-state index in [0.717, 1.165) is 5.82 Å². The number of carbonyl (C=O) groups is 1. The summed E-state index contributed by atoms with van der Waals surface area (Å²) >= 11 is 0. The number of allylic oxidation sites excluding steroid dienone is 2. The van der Waals surface area contributed by atoms with E-state index in [-0.39, 0.29) is 6.42 Å². The average molecular weight is 247 g/mol. The predicted octanol–water partition coefficient (Wildman–Crippen LogP) is 1.82. The Morgan fingerprint density at radius 1 is 1.44 bits per heavy atom. The zero-order chi connectivity index (χ0) is 12.5. The van der Waals surface area contributed by atoms with E-state index >= 15 is 0 Å². The minimum absolute atomic E-state index is 0.203. The van der Waals surface area contributed by atoms with Gasteiger partial charge in [0.1, 0.15) is 12.2 Å². The molecule has 2 bridgehead atoms. The highest BCUT2D eigenvalue weighted by atomic mass is 16.4. The summed E-state index contributed by atoms with van der Waals surface area (Å²) in [6.45, 7) is 0.701. The van der Waals surface area contributed by atoms with Gasteiger partial charge in [-0.25, -0.2) is 0 Å². The standard InChI is InChI=1S/C13H17N3O2/c17-12(18)2-1-5-16-8-14-15-13(16)11-7-9-3-4-10(11)6-9/h3-4,8-11H,1-2,5-7H2,(H,17,18). The Morgan fingerprint density at radius 3 is 3.00 bits per heavy atom. The van der Waals surface area contributed by atoms with Crippen molar-refractivity contribution in [3.8, 4) is 0 Å². The fraction of sp³-hybridized carbons (Fsp3) is 0.615. The van der Waals surface area contributed by atoms with Crippen molar-refractivity contribution in [3.05, 3.63) is 24.3 Å². The van der Waals surface area contributed by atoms with Crippen molar-refractivity contribution in [2.75, 3.05) is 0 Å². The topological polar surface area (TPSA) is 68.0 Å². The highest BCUT2D eigenvalue weighted by Crippen LogP contribution is 2.48. The molecule has 0 aliphatic heterocycles. The second-order valence-electron chi connectivity index (χ2n) is 5.27. The molecule has 5 nitrogen and oxygen atoms in total. The van der Waals surface area contributed by atoms with Crippen LogP contribution in [0.3, 0.4) is 0 Å². The van der Waals surface area contributed by atoms with Crippen molar-refractivity contribution in [2.45, 2.75) is 38.1 Å². The van der Waals surface area contributed by atoms with Gasteiger partial charge in [-0.05, 0) is 31.1 Å². The van der Waals surface area contributed by atoms with Crippen LogP contribution in [0.2, 0.25) is 0 Å². The summed E-state index contributed by atoms with van der Waals surface area (Å²) in [6, 6.07) is 0. The van der Waals surface area contributed by atoms with Gasteiger partial charge in [0.25, 0.3) is 0 Å². The van der Waals surface area contributed by atoms with Gasteiger partial charge in [-0.1, -0.05) is 12.2 Å². The first kappa shape index (κ1) is 11.4. The first-order valence-corrected chi connectivity index (χ1v) is 6.52. The zero-order valence-corrected chi connectivity index (χ0v) is 10.2. The second kappa shape index (κ2) is 4.55. The van der Waals surface area contributed by atoms with E-state index in [1.165, 1.54) is 12.8 Å². The van der Waals surface area contributed by atoms with E-state index in [1.807, 2.05) is 4.57 Å². The molecule has 2 aliphatic carbocycles. The molecule has 0 aromatic carbocycles. The lowest BCUT2D eigenvalue weighted by Crippen LogP contribution is -2.13. The van der Waals surface area contributed by atoms with E-state index in [0.29, 0.717) is 30.7 Å². The maximum absolute atomic E-state index is 10.5. The Kier molecular flexibility index (Phi) is 2.89. The van der Waals surface area contributed by atoms with Gasteiger partial charge in [-0.3, -0.25) is 4.79 Å². The van der Waals surface area contributed by atoms with Gasteiger partial charge in [0.05, 0.1) is 0 Å². The molecule has 2 aliphatic rings. The molecule has 5 heteroatoms. The monoisotopic (exact) mass is 247 g/mol. The summed E-state index contributed by atoms with van der Waals surface area (Å²) in [5.41, 5.74) is 0. The number of carboxylic acid groups (broad SMARTS) is 1. The van der Waals surface area contributed by atoms with Gasteiger partial charge >= 0.3 is 5.97 Å². The van der Waals surface area contributed by atoms with Crippen LogP contribution in [0.4, 0.5) is 0 Å². The lowest BCUT2D eigenvalue weighted by Gasteiger charge is -2.18. The quantitative estimate of drug-likeness (QED) is 0.806. The summed E-state index contributed by atoms with van der Waals surface area (Å²) < 4.78 is 2.03. The van der Waals surface area contributed by atoms with E-state index in [9.17, 15) is 4.79 Å². The molecule has 3 unspecified atom stereocenters. The molecule has 18 heavy (non-hydrogen) atoms. The zero-order valence-electron chi connectivity index (χ0n) is 10.2. The number of fused-ring (bicyclic) bond motifs is 2. The third-order valence-corrected chi connectivity index (χ3v) is 4.05. The highest BCUT2D eigenvalue weighted by Gasteiger charge is 2.38. The molecular formula is C13H17N3O2. The number of hydrogen-bond acceptors (Lipinski definition) is 3. The minimum Gasteiger partial charge on any atom is -0.481 e. The molecule has 1 aromatic rings. The molecule has 1 N–H and O–H groups in total. The molecule has 1 saturated carbocycles. The summed E-state index contributed by atoms with van der Waals surface area (Å²) in [7, 11) is 0. The van der Waals surface area contributed by atoms with E-state index in [2.05, 4.69) is 22.3 Å². The maximum Gasteiger partial charge on any atom is 0.303 e. The fourth-order valence-electron chi connectivity index (χ4n) is 3.20. The first-order valence-electron chi connectivity index (χ1n) is 6.52. The lowest BCUT2D eigenvalue weighted by molar-refractivity contribution is -0.137. The molecular weight excluding hydrogens is 230 g/mol. The van der Waals surface area contributed by atoms with Crippen LogP contribution in [-0.2, 0) is 11.3 Å². The van der Waals surface area contributed by atoms with Gasteiger partial charge in [0.15, 0.2) is 0 Å². The Morgan fingerprint density at radius 2 is 2.33 bits per heavy atom. The Bertz CT molecular complexity index is 480. The summed E-state index contributed by atoms with van der Waals surface area (Å²) in [5.74, 6) is 2.10. The van der Waals surface area contributed by atoms with Crippen LogP contribution in [-0.4, -0.2) is 25.8 Å². The van der Waals surface area contributed by atoms with Gasteiger partial charge in [0, 0.05) is 18.9 Å². The number of rotatable bonds is 5. The van der Waals surface area contributed by atoms with Crippen LogP contribution in [0.15, 0.2) is 18.5 Å². The van der Waals surface area contributed by atoms with Crippen LogP contribution < -0.4 is 0 Å². The fourth-order valence-corrected chi connectivity index (χ4v) is 3.20. The third-order valence-electron chi connectivity index (χ3n) is 4.05. The van der Waals surface area contributed by atoms with Crippen molar-refractivity contribution >= 4 is 5.97 Å². The Balaban J connectivity index is 1.68. The maximum atomic E-state index is 10.5. The number of aryl methyl sites for hydroxylation is 1. The SMILES string of the molecule is O=C(O)CCCn1cnnc1C1CC2C=CC1C2. The minimum atomic E-state index is -0.743. The van der Waals surface area contributed by atoms with Crippen LogP contribution in [0, 0.1) is 11.8 Å². The molecule has 1 fully saturated rings. The number of hydrogen-bond donors (Lipinski definition) is 1. The van der Waals surface area contributed by atoms with Crippen molar-refractivity contribution in [2.24, 2.45) is 11.8 Å². The van der Waals surface area contributed by atoms with Crippen molar-refractivity contribution in [1.29, 1.82) is 0 Å². The molecule has 1 heterocycles. The van der Waals surface area contributed by atoms with Gasteiger partial charge in [0.2, 0.25) is 0 Å². The smallest absolute Gasteiger partial charge is 0.303 e. The van der Waals surface area contributed by atoms with E-state index < -0.39 is 5.97 Å². The molecule has 0 radical (unpaired) electrons. The Labute approximate surface area is 106 Å². The molecule has 96 valence electrons. The molecule has 0 saturated heterocycles. The summed E-state index contributed by atoms with van der Waals surface area (Å²) in [5, 5.41) is 16.9. The first-order chi connectivity index (χ1) is 8.74. The molecule has 3 atom stereocenters. The second-order valence-corrected chi connectivity index (χ2v) is 5.27. The normalized spacial score (nSPS) is 29.0. The average Bonchev–Trinajstić information content (AvgIpc) is 3.03. The van der Waals surface area contributed by atoms with Gasteiger partial charge < -0.3 is 9.67 Å². The molecule has 0 amide bonds. The molecule has 1 aromatic heterocycles. The number of aliphatic carboxylic acids is 1. The van der Waals surface area contributed by atoms with Crippen LogP contribution in [0.1, 0.15) is 37.4 Å². The largest absolute Gasteiger partial charge is 0.481 e. The number of nitrogens with zero attached hydrogens (tertiary/aromatic N) is 3. The van der Waals surface area contributed by atoms with Crippen LogP contribution in [0.5, 0.6) is 0 Å². The van der Waals surface area contributed by atoms with Crippen molar-refractivity contribution in [1.82, 2.24) is 14.8 Å². The molecule has 3 rings (SSSR count). The van der Waals surface area contributed by atoms with E-state index in [4.69, 9.17) is 5.11 Å². The van der Waals surface area contributed by atoms with Crippen LogP contribution >= 0.6 is 0 Å². The molecule has 0 spiro atoms. The number of carboxylic acids is 1. The predicted molar refractivity (Wildman–Crippen MR) is 65.0 cm³/mol. The van der Waals surface area contributed by atoms with Gasteiger partial charge in [-0.15, -0.1) is 10.2 Å². The number of aromatic nitrogens is 3. The van der Waals surface area contributed by atoms with Crippen molar-refractivity contribution in [3.63, 3.8) is 0 Å². The lowest BCUT2D eigenvalue weighted by atomic mass is 9.93.